The maximum atomic E-state index is 4.59. The Morgan fingerprint density at radius 1 is 1.07 bits per heavy atom. The molecule has 0 radical (unpaired) electrons. The third-order valence-electron chi connectivity index (χ3n) is 6.07. The minimum absolute atomic E-state index is 0.135. The molecule has 0 fully saturated rings. The average molecular weight is 363 g/mol. The third kappa shape index (κ3) is 4.72. The molecule has 0 bridgehead atoms. The first kappa shape index (κ1) is 21.5. The summed E-state index contributed by atoms with van der Waals surface area (Å²) >= 11 is 0. The number of aryl methyl sites for hydroxylation is 2. The van der Waals surface area contributed by atoms with Crippen LogP contribution in [0.1, 0.15) is 77.5 Å². The van der Waals surface area contributed by atoms with Crippen molar-refractivity contribution in [2.75, 3.05) is 0 Å². The molecule has 0 saturated heterocycles. The minimum atomic E-state index is 0.135. The molecule has 0 aliphatic heterocycles. The number of rotatable bonds is 4. The van der Waals surface area contributed by atoms with Gasteiger partial charge in [0.2, 0.25) is 0 Å². The zero-order chi connectivity index (χ0) is 20.4. The van der Waals surface area contributed by atoms with Crippen molar-refractivity contribution >= 4 is 5.57 Å². The summed E-state index contributed by atoms with van der Waals surface area (Å²) in [5.74, 6) is 0.520. The van der Waals surface area contributed by atoms with E-state index in [4.69, 9.17) is 0 Å². The Kier molecular flexibility index (Phi) is 6.73. The largest absolute Gasteiger partial charge is 0.0949 e. The van der Waals surface area contributed by atoms with E-state index in [0.29, 0.717) is 5.92 Å². The molecule has 0 nitrogen and oxygen atoms in total. The van der Waals surface area contributed by atoms with E-state index in [2.05, 4.69) is 92.3 Å². The Balaban J connectivity index is 2.37. The predicted molar refractivity (Wildman–Crippen MR) is 122 cm³/mol. The van der Waals surface area contributed by atoms with Gasteiger partial charge in [-0.1, -0.05) is 68.8 Å². The van der Waals surface area contributed by atoms with Gasteiger partial charge in [-0.05, 0) is 98.6 Å². The molecule has 0 saturated carbocycles. The van der Waals surface area contributed by atoms with Gasteiger partial charge in [0.1, 0.15) is 0 Å². The van der Waals surface area contributed by atoms with Crippen LogP contribution in [0.25, 0.3) is 5.57 Å². The number of allylic oxidation sites excluding steroid dienone is 7. The third-order valence-corrected chi connectivity index (χ3v) is 6.07. The lowest BCUT2D eigenvalue weighted by Crippen LogP contribution is -2.18. The Morgan fingerprint density at radius 3 is 2.30 bits per heavy atom. The lowest BCUT2D eigenvalue weighted by Gasteiger charge is -2.33. The van der Waals surface area contributed by atoms with Crippen LogP contribution < -0.4 is 0 Å². The van der Waals surface area contributed by atoms with Gasteiger partial charge in [-0.25, -0.2) is 0 Å². The van der Waals surface area contributed by atoms with Crippen molar-refractivity contribution < 1.29 is 0 Å². The SMILES string of the molecule is C=C(C(=C/C)/C(=C\C)C(C)(C)C)C1CCC(C)=C(c2cc(C)ccc2C)C1. The van der Waals surface area contributed by atoms with E-state index in [1.807, 2.05) is 0 Å². The zero-order valence-corrected chi connectivity index (χ0v) is 18.8. The molecule has 1 unspecified atom stereocenters. The van der Waals surface area contributed by atoms with Gasteiger partial charge in [-0.15, -0.1) is 0 Å². The Bertz CT molecular complexity index is 803. The van der Waals surface area contributed by atoms with Crippen LogP contribution in [0.2, 0.25) is 0 Å². The maximum absolute atomic E-state index is 4.59. The Labute approximate surface area is 167 Å². The van der Waals surface area contributed by atoms with Crippen LogP contribution in [-0.2, 0) is 0 Å². The first-order chi connectivity index (χ1) is 12.6. The lowest BCUT2D eigenvalue weighted by molar-refractivity contribution is 0.500. The Morgan fingerprint density at radius 2 is 1.74 bits per heavy atom. The predicted octanol–water partition coefficient (Wildman–Crippen LogP) is 8.37. The van der Waals surface area contributed by atoms with Crippen LogP contribution in [0, 0.1) is 25.2 Å². The molecule has 0 N–H and O–H groups in total. The average Bonchev–Trinajstić information content (AvgIpc) is 2.60. The quantitative estimate of drug-likeness (QED) is 0.472. The van der Waals surface area contributed by atoms with Crippen molar-refractivity contribution in [2.24, 2.45) is 11.3 Å². The van der Waals surface area contributed by atoms with Gasteiger partial charge in [-0.2, -0.15) is 0 Å². The van der Waals surface area contributed by atoms with Crippen LogP contribution in [0.5, 0.6) is 0 Å². The van der Waals surface area contributed by atoms with Crippen LogP contribution >= 0.6 is 0 Å². The number of hydrogen-bond donors (Lipinski definition) is 0. The fraction of sp³-hybridized carbons (Fsp3) is 0.481. The van der Waals surface area contributed by atoms with Gasteiger partial charge >= 0.3 is 0 Å². The van der Waals surface area contributed by atoms with E-state index < -0.39 is 0 Å². The van der Waals surface area contributed by atoms with E-state index in [9.17, 15) is 0 Å². The topological polar surface area (TPSA) is 0 Å². The molecule has 1 aromatic carbocycles. The molecule has 2 rings (SSSR count). The molecule has 1 atom stereocenters. The molecular formula is C27H38. The monoisotopic (exact) mass is 362 g/mol. The molecule has 1 aromatic rings. The first-order valence-electron chi connectivity index (χ1n) is 10.4. The van der Waals surface area contributed by atoms with Crippen LogP contribution in [-0.4, -0.2) is 0 Å². The normalized spacial score (nSPS) is 19.5. The summed E-state index contributed by atoms with van der Waals surface area (Å²) in [4.78, 5) is 0. The molecule has 0 spiro atoms. The van der Waals surface area contributed by atoms with E-state index in [-0.39, 0.29) is 5.41 Å². The fourth-order valence-corrected chi connectivity index (χ4v) is 4.49. The second kappa shape index (κ2) is 8.46. The first-order valence-corrected chi connectivity index (χ1v) is 10.4. The highest BCUT2D eigenvalue weighted by atomic mass is 14.3. The van der Waals surface area contributed by atoms with E-state index in [1.54, 1.807) is 11.1 Å². The van der Waals surface area contributed by atoms with Crippen LogP contribution in [0.3, 0.4) is 0 Å². The summed E-state index contributed by atoms with van der Waals surface area (Å²) in [7, 11) is 0. The minimum Gasteiger partial charge on any atom is -0.0949 e. The molecule has 0 aromatic heterocycles. The molecule has 1 aliphatic carbocycles. The molecule has 27 heavy (non-hydrogen) atoms. The summed E-state index contributed by atoms with van der Waals surface area (Å²) in [5, 5.41) is 0. The van der Waals surface area contributed by atoms with Crippen molar-refractivity contribution in [1.29, 1.82) is 0 Å². The van der Waals surface area contributed by atoms with Gasteiger partial charge in [0.25, 0.3) is 0 Å². The summed E-state index contributed by atoms with van der Waals surface area (Å²) in [6.45, 7) is 22.5. The second-order valence-electron chi connectivity index (χ2n) is 9.20. The summed E-state index contributed by atoms with van der Waals surface area (Å²) in [6, 6.07) is 6.84. The molecular weight excluding hydrogens is 324 g/mol. The fourth-order valence-electron chi connectivity index (χ4n) is 4.49. The highest BCUT2D eigenvalue weighted by Crippen LogP contribution is 2.44. The van der Waals surface area contributed by atoms with Crippen molar-refractivity contribution in [2.45, 2.75) is 74.7 Å². The number of hydrogen-bond acceptors (Lipinski definition) is 0. The number of benzene rings is 1. The smallest absolute Gasteiger partial charge is 0.0118 e. The van der Waals surface area contributed by atoms with E-state index in [1.165, 1.54) is 46.3 Å². The van der Waals surface area contributed by atoms with E-state index in [0.717, 1.165) is 6.42 Å². The summed E-state index contributed by atoms with van der Waals surface area (Å²) in [6.07, 6.45) is 8.02. The highest BCUT2D eigenvalue weighted by molar-refractivity contribution is 5.73. The second-order valence-corrected chi connectivity index (χ2v) is 9.20. The Hall–Kier alpha value is -1.82. The summed E-state index contributed by atoms with van der Waals surface area (Å²) in [5.41, 5.74) is 11.5. The zero-order valence-electron chi connectivity index (χ0n) is 18.8. The van der Waals surface area contributed by atoms with Gasteiger partial charge in [0.15, 0.2) is 0 Å². The van der Waals surface area contributed by atoms with Crippen molar-refractivity contribution in [1.82, 2.24) is 0 Å². The van der Waals surface area contributed by atoms with Crippen LogP contribution in [0.4, 0.5) is 0 Å². The van der Waals surface area contributed by atoms with Gasteiger partial charge in [0.05, 0.1) is 0 Å². The highest BCUT2D eigenvalue weighted by Gasteiger charge is 2.28. The molecule has 0 amide bonds. The lowest BCUT2D eigenvalue weighted by atomic mass is 9.72. The van der Waals surface area contributed by atoms with Crippen LogP contribution in [0.15, 0.2) is 59.2 Å². The van der Waals surface area contributed by atoms with E-state index >= 15 is 0 Å². The molecule has 0 heterocycles. The van der Waals surface area contributed by atoms with Gasteiger partial charge < -0.3 is 0 Å². The van der Waals surface area contributed by atoms with Crippen molar-refractivity contribution in [3.63, 3.8) is 0 Å². The molecule has 0 heteroatoms. The molecule has 146 valence electrons. The van der Waals surface area contributed by atoms with Gasteiger partial charge in [-0.3, -0.25) is 0 Å². The van der Waals surface area contributed by atoms with Crippen molar-refractivity contribution in [3.8, 4) is 0 Å². The summed E-state index contributed by atoms with van der Waals surface area (Å²) < 4.78 is 0. The van der Waals surface area contributed by atoms with Gasteiger partial charge in [0, 0.05) is 0 Å². The molecule has 1 aliphatic rings. The standard InChI is InChI=1S/C27H38/c1-10-23(26(11-2)27(7,8)9)21(6)22-15-14-20(5)25(17-22)24-16-18(3)12-13-19(24)4/h10-13,16,22H,6,14-15,17H2,1-5,7-9H3/b23-10-,26-11+. The van der Waals surface area contributed by atoms with Crippen molar-refractivity contribution in [3.05, 3.63) is 75.9 Å². The maximum Gasteiger partial charge on any atom is -0.0118 e.